The van der Waals surface area contributed by atoms with Crippen molar-refractivity contribution < 1.29 is 9.15 Å². The van der Waals surface area contributed by atoms with E-state index in [-0.39, 0.29) is 6.04 Å². The molecule has 1 aliphatic heterocycles. The summed E-state index contributed by atoms with van der Waals surface area (Å²) < 4.78 is 11.5. The average molecular weight is 335 g/mol. The Balaban J connectivity index is 1.52. The number of rotatable bonds is 3. The predicted molar refractivity (Wildman–Crippen MR) is 98.7 cm³/mol. The second kappa shape index (κ2) is 6.51. The molecule has 0 saturated heterocycles. The van der Waals surface area contributed by atoms with Gasteiger partial charge >= 0.3 is 0 Å². The van der Waals surface area contributed by atoms with Crippen LogP contribution < -0.4 is 15.8 Å². The summed E-state index contributed by atoms with van der Waals surface area (Å²) in [5.41, 5.74) is 9.22. The number of nitrogens with one attached hydrogen (secondary N) is 1. The van der Waals surface area contributed by atoms with Gasteiger partial charge in [0, 0.05) is 22.9 Å². The van der Waals surface area contributed by atoms with Crippen LogP contribution in [0.3, 0.4) is 0 Å². The predicted octanol–water partition coefficient (Wildman–Crippen LogP) is 3.67. The molecule has 3 aromatic rings. The van der Waals surface area contributed by atoms with E-state index in [1.54, 1.807) is 0 Å². The first kappa shape index (κ1) is 15.6. The van der Waals surface area contributed by atoms with Gasteiger partial charge in [-0.2, -0.15) is 0 Å². The number of ether oxygens (including phenoxy) is 1. The van der Waals surface area contributed by atoms with Crippen molar-refractivity contribution in [1.29, 1.82) is 0 Å². The van der Waals surface area contributed by atoms with Crippen molar-refractivity contribution in [3.05, 3.63) is 65.4 Å². The third-order valence-corrected chi connectivity index (χ3v) is 4.59. The van der Waals surface area contributed by atoms with Crippen LogP contribution in [0, 0.1) is 6.92 Å². The summed E-state index contributed by atoms with van der Waals surface area (Å²) >= 11 is 0. The summed E-state index contributed by atoms with van der Waals surface area (Å²) in [6.45, 7) is 3.13. The van der Waals surface area contributed by atoms with Gasteiger partial charge in [0.1, 0.15) is 17.1 Å². The summed E-state index contributed by atoms with van der Waals surface area (Å²) in [5.74, 6) is 2.23. The van der Waals surface area contributed by atoms with Crippen molar-refractivity contribution in [3.63, 3.8) is 0 Å². The van der Waals surface area contributed by atoms with Crippen molar-refractivity contribution in [2.75, 3.05) is 6.61 Å². The Morgan fingerprint density at radius 1 is 1.20 bits per heavy atom. The molecule has 0 radical (unpaired) electrons. The minimum absolute atomic E-state index is 0.121. The molecule has 0 aliphatic carbocycles. The number of para-hydroxylation sites is 2. The Kier molecular flexibility index (Phi) is 4.06. The van der Waals surface area contributed by atoms with Crippen molar-refractivity contribution in [2.24, 2.45) is 10.7 Å². The molecule has 5 heteroatoms. The van der Waals surface area contributed by atoms with Gasteiger partial charge in [-0.3, -0.25) is 0 Å². The molecular formula is C20H21N3O2. The van der Waals surface area contributed by atoms with Crippen LogP contribution in [-0.4, -0.2) is 12.6 Å². The van der Waals surface area contributed by atoms with Gasteiger partial charge in [-0.25, -0.2) is 4.99 Å². The van der Waals surface area contributed by atoms with Crippen molar-refractivity contribution in [2.45, 2.75) is 25.9 Å². The van der Waals surface area contributed by atoms with E-state index in [2.05, 4.69) is 22.4 Å². The molecule has 0 saturated carbocycles. The molecule has 5 nitrogen and oxygen atoms in total. The minimum atomic E-state index is 0.121. The SMILES string of the molecule is Cc1oc2ccccc2c1CN=C(N)NC1CCOc2ccccc21. The largest absolute Gasteiger partial charge is 0.493 e. The number of guanidine groups is 1. The van der Waals surface area contributed by atoms with Crippen LogP contribution in [0.2, 0.25) is 0 Å². The number of hydrogen-bond acceptors (Lipinski definition) is 3. The summed E-state index contributed by atoms with van der Waals surface area (Å²) in [4.78, 5) is 4.53. The first-order valence-corrected chi connectivity index (χ1v) is 8.47. The monoisotopic (exact) mass is 335 g/mol. The average Bonchev–Trinajstić information content (AvgIpc) is 2.95. The number of benzene rings is 2. The lowest BCUT2D eigenvalue weighted by Gasteiger charge is -2.26. The molecule has 0 amide bonds. The lowest BCUT2D eigenvalue weighted by molar-refractivity contribution is 0.262. The van der Waals surface area contributed by atoms with Crippen LogP contribution in [-0.2, 0) is 6.54 Å². The Morgan fingerprint density at radius 3 is 2.92 bits per heavy atom. The smallest absolute Gasteiger partial charge is 0.189 e. The van der Waals surface area contributed by atoms with E-state index in [9.17, 15) is 0 Å². The van der Waals surface area contributed by atoms with E-state index in [1.807, 2.05) is 43.3 Å². The molecule has 1 aromatic heterocycles. The van der Waals surface area contributed by atoms with Crippen LogP contribution in [0.4, 0.5) is 0 Å². The zero-order valence-corrected chi connectivity index (χ0v) is 14.2. The Bertz CT molecular complexity index is 930. The number of furan rings is 1. The molecule has 1 atom stereocenters. The van der Waals surface area contributed by atoms with Gasteiger partial charge < -0.3 is 20.2 Å². The van der Waals surface area contributed by atoms with Gasteiger partial charge in [0.15, 0.2) is 5.96 Å². The highest BCUT2D eigenvalue weighted by Crippen LogP contribution is 2.31. The van der Waals surface area contributed by atoms with E-state index >= 15 is 0 Å². The van der Waals surface area contributed by atoms with E-state index in [1.165, 1.54) is 0 Å². The van der Waals surface area contributed by atoms with Gasteiger partial charge in [-0.05, 0) is 19.1 Å². The first-order chi connectivity index (χ1) is 12.2. The molecule has 1 unspecified atom stereocenters. The van der Waals surface area contributed by atoms with E-state index in [0.717, 1.165) is 40.0 Å². The molecule has 0 fully saturated rings. The quantitative estimate of drug-likeness (QED) is 0.566. The van der Waals surface area contributed by atoms with Gasteiger partial charge in [0.25, 0.3) is 0 Å². The summed E-state index contributed by atoms with van der Waals surface area (Å²) in [6, 6.07) is 16.1. The number of aryl methyl sites for hydroxylation is 1. The topological polar surface area (TPSA) is 72.8 Å². The fourth-order valence-corrected chi connectivity index (χ4v) is 3.30. The third kappa shape index (κ3) is 3.05. The van der Waals surface area contributed by atoms with Crippen LogP contribution in [0.5, 0.6) is 5.75 Å². The van der Waals surface area contributed by atoms with Crippen molar-refractivity contribution in [3.8, 4) is 5.75 Å². The number of hydrogen-bond donors (Lipinski definition) is 2. The van der Waals surface area contributed by atoms with Gasteiger partial charge in [-0.1, -0.05) is 36.4 Å². The number of nitrogens with two attached hydrogens (primary N) is 1. The maximum Gasteiger partial charge on any atom is 0.189 e. The number of fused-ring (bicyclic) bond motifs is 2. The molecule has 4 rings (SSSR count). The molecule has 0 bridgehead atoms. The highest BCUT2D eigenvalue weighted by atomic mass is 16.5. The summed E-state index contributed by atoms with van der Waals surface area (Å²) in [7, 11) is 0. The van der Waals surface area contributed by atoms with Gasteiger partial charge in [-0.15, -0.1) is 0 Å². The lowest BCUT2D eigenvalue weighted by Crippen LogP contribution is -2.37. The lowest BCUT2D eigenvalue weighted by atomic mass is 10.0. The maximum absolute atomic E-state index is 6.14. The third-order valence-electron chi connectivity index (χ3n) is 4.59. The maximum atomic E-state index is 6.14. The fraction of sp³-hybridized carbons (Fsp3) is 0.250. The minimum Gasteiger partial charge on any atom is -0.493 e. The van der Waals surface area contributed by atoms with E-state index in [0.29, 0.717) is 19.1 Å². The highest BCUT2D eigenvalue weighted by Gasteiger charge is 2.21. The number of nitrogens with zero attached hydrogens (tertiary/aromatic N) is 1. The van der Waals surface area contributed by atoms with Crippen LogP contribution in [0.1, 0.15) is 29.3 Å². The van der Waals surface area contributed by atoms with Crippen molar-refractivity contribution >= 4 is 16.9 Å². The van der Waals surface area contributed by atoms with Crippen LogP contribution in [0.15, 0.2) is 57.9 Å². The van der Waals surface area contributed by atoms with E-state index < -0.39 is 0 Å². The molecular weight excluding hydrogens is 314 g/mol. The van der Waals surface area contributed by atoms with Crippen LogP contribution >= 0.6 is 0 Å². The Morgan fingerprint density at radius 2 is 2.00 bits per heavy atom. The first-order valence-electron chi connectivity index (χ1n) is 8.47. The Hall–Kier alpha value is -2.95. The zero-order valence-electron chi connectivity index (χ0n) is 14.2. The fourth-order valence-electron chi connectivity index (χ4n) is 3.30. The zero-order chi connectivity index (χ0) is 17.2. The molecule has 3 N–H and O–H groups in total. The molecule has 2 aromatic carbocycles. The second-order valence-corrected chi connectivity index (χ2v) is 6.21. The van der Waals surface area contributed by atoms with Crippen LogP contribution in [0.25, 0.3) is 11.0 Å². The molecule has 2 heterocycles. The molecule has 1 aliphatic rings. The normalized spacial score (nSPS) is 17.2. The summed E-state index contributed by atoms with van der Waals surface area (Å²) in [6.07, 6.45) is 0.862. The van der Waals surface area contributed by atoms with E-state index in [4.69, 9.17) is 14.9 Å². The molecule has 128 valence electrons. The second-order valence-electron chi connectivity index (χ2n) is 6.21. The Labute approximate surface area is 146 Å². The van der Waals surface area contributed by atoms with Crippen molar-refractivity contribution in [1.82, 2.24) is 5.32 Å². The molecule has 25 heavy (non-hydrogen) atoms. The van der Waals surface area contributed by atoms with Gasteiger partial charge in [0.05, 0.1) is 19.2 Å². The summed E-state index contributed by atoms with van der Waals surface area (Å²) in [5, 5.41) is 4.41. The number of aliphatic imine (C=N–C) groups is 1. The molecule has 0 spiro atoms. The highest BCUT2D eigenvalue weighted by molar-refractivity contribution is 5.83. The van der Waals surface area contributed by atoms with Gasteiger partial charge in [0.2, 0.25) is 0 Å². The standard InChI is InChI=1S/C20H21N3O2/c1-13-16(14-6-2-5-9-19(14)25-13)12-22-20(21)23-17-10-11-24-18-8-4-3-7-15(17)18/h2-9,17H,10-12H2,1H3,(H3,21,22,23).